The first-order valence-corrected chi connectivity index (χ1v) is 5.46. The van der Waals surface area contributed by atoms with Gasteiger partial charge in [0.1, 0.15) is 0 Å². The van der Waals surface area contributed by atoms with Crippen molar-refractivity contribution in [1.82, 2.24) is 4.90 Å². The summed E-state index contributed by atoms with van der Waals surface area (Å²) >= 11 is 5.69. The second-order valence-corrected chi connectivity index (χ2v) is 3.88. The number of hydrogen-bond donors (Lipinski definition) is 0. The first-order valence-electron chi connectivity index (χ1n) is 4.92. The molecule has 0 aliphatic carbocycles. The smallest absolute Gasteiger partial charge is 0.231 e. The first-order chi connectivity index (χ1) is 7.29. The zero-order chi connectivity index (χ0) is 10.7. The number of ether oxygens (including phenoxy) is 2. The Hall–Kier alpha value is -0.930. The van der Waals surface area contributed by atoms with Gasteiger partial charge in [0.2, 0.25) is 6.79 Å². The lowest BCUT2D eigenvalue weighted by atomic mass is 10.1. The summed E-state index contributed by atoms with van der Waals surface area (Å²) < 4.78 is 10.6. The van der Waals surface area contributed by atoms with Crippen LogP contribution in [0.15, 0.2) is 18.2 Å². The molecule has 15 heavy (non-hydrogen) atoms. The molecule has 2 rings (SSSR count). The molecule has 1 aromatic rings. The van der Waals surface area contributed by atoms with E-state index < -0.39 is 0 Å². The Balaban J connectivity index is 1.98. The van der Waals surface area contributed by atoms with Crippen LogP contribution < -0.4 is 9.47 Å². The minimum atomic E-state index is 0.334. The van der Waals surface area contributed by atoms with Crippen molar-refractivity contribution in [2.75, 3.05) is 26.4 Å². The van der Waals surface area contributed by atoms with Crippen LogP contribution in [0, 0.1) is 0 Å². The minimum Gasteiger partial charge on any atom is -0.454 e. The van der Waals surface area contributed by atoms with Gasteiger partial charge in [-0.2, -0.15) is 0 Å². The summed E-state index contributed by atoms with van der Waals surface area (Å²) in [5.41, 5.74) is 1.25. The van der Waals surface area contributed by atoms with E-state index in [0.717, 1.165) is 24.5 Å². The van der Waals surface area contributed by atoms with Crippen LogP contribution in [-0.2, 0) is 6.42 Å². The molecule has 0 fully saturated rings. The number of benzene rings is 1. The number of alkyl halides is 1. The monoisotopic (exact) mass is 227 g/mol. The van der Waals surface area contributed by atoms with E-state index in [9.17, 15) is 0 Å². The number of nitrogens with zero attached hydrogens (tertiary/aromatic N) is 1. The quantitative estimate of drug-likeness (QED) is 0.581. The van der Waals surface area contributed by atoms with Crippen LogP contribution in [0.1, 0.15) is 5.56 Å². The van der Waals surface area contributed by atoms with Crippen molar-refractivity contribution >= 4 is 11.6 Å². The summed E-state index contributed by atoms with van der Waals surface area (Å²) in [6.45, 7) is 1.28. The third-order valence-corrected chi connectivity index (χ3v) is 2.83. The van der Waals surface area contributed by atoms with E-state index in [1.807, 2.05) is 19.2 Å². The van der Waals surface area contributed by atoms with E-state index in [1.165, 1.54) is 5.56 Å². The van der Waals surface area contributed by atoms with Gasteiger partial charge in [0, 0.05) is 6.54 Å². The van der Waals surface area contributed by atoms with Gasteiger partial charge in [-0.3, -0.25) is 4.90 Å². The molecule has 0 aromatic heterocycles. The predicted molar refractivity (Wildman–Crippen MR) is 59.6 cm³/mol. The first kappa shape index (κ1) is 10.6. The summed E-state index contributed by atoms with van der Waals surface area (Å²) in [6, 6.07) is 6.61. The average molecular weight is 228 g/mol. The fourth-order valence-electron chi connectivity index (χ4n) is 1.48. The Kier molecular flexibility index (Phi) is 3.34. The summed E-state index contributed by atoms with van der Waals surface area (Å²) in [4.78, 5) is 2.06. The third-order valence-electron chi connectivity index (χ3n) is 2.42. The van der Waals surface area contributed by atoms with Crippen molar-refractivity contribution in [1.29, 1.82) is 0 Å². The molecule has 0 atom stereocenters. The number of likely N-dealkylation sites (N-methyl/N-ethyl adjacent to an activating group) is 1. The highest BCUT2D eigenvalue weighted by Gasteiger charge is 2.12. The Morgan fingerprint density at radius 2 is 2.13 bits per heavy atom. The van der Waals surface area contributed by atoms with Crippen LogP contribution in [0.2, 0.25) is 0 Å². The van der Waals surface area contributed by atoms with Crippen molar-refractivity contribution in [3.05, 3.63) is 23.8 Å². The summed E-state index contributed by atoms with van der Waals surface area (Å²) in [7, 11) is 2.00. The van der Waals surface area contributed by atoms with E-state index in [4.69, 9.17) is 21.1 Å². The maximum Gasteiger partial charge on any atom is 0.231 e. The molecule has 0 saturated heterocycles. The molecule has 4 heteroatoms. The molecule has 1 heterocycles. The molecule has 0 saturated carbocycles. The van der Waals surface area contributed by atoms with Crippen molar-refractivity contribution < 1.29 is 9.47 Å². The van der Waals surface area contributed by atoms with Gasteiger partial charge in [0.25, 0.3) is 0 Å². The van der Waals surface area contributed by atoms with Crippen molar-refractivity contribution in [3.8, 4) is 11.5 Å². The van der Waals surface area contributed by atoms with Gasteiger partial charge in [0.15, 0.2) is 11.5 Å². The van der Waals surface area contributed by atoms with E-state index in [2.05, 4.69) is 11.0 Å². The summed E-state index contributed by atoms with van der Waals surface area (Å²) in [6.07, 6.45) is 0.972. The lowest BCUT2D eigenvalue weighted by molar-refractivity contribution is 0.174. The van der Waals surface area contributed by atoms with Crippen LogP contribution in [0.3, 0.4) is 0 Å². The van der Waals surface area contributed by atoms with Crippen molar-refractivity contribution in [3.63, 3.8) is 0 Å². The fourth-order valence-corrected chi connectivity index (χ4v) is 1.60. The zero-order valence-electron chi connectivity index (χ0n) is 8.70. The van der Waals surface area contributed by atoms with Gasteiger partial charge in [0.05, 0.1) is 6.00 Å². The molecule has 1 aliphatic rings. The topological polar surface area (TPSA) is 21.7 Å². The third kappa shape index (κ3) is 2.55. The van der Waals surface area contributed by atoms with Crippen molar-refractivity contribution in [2.45, 2.75) is 6.42 Å². The molecule has 3 nitrogen and oxygen atoms in total. The lowest BCUT2D eigenvalue weighted by Crippen LogP contribution is -2.19. The van der Waals surface area contributed by atoms with Gasteiger partial charge in [-0.1, -0.05) is 6.07 Å². The molecule has 0 unspecified atom stereocenters. The van der Waals surface area contributed by atoms with E-state index in [-0.39, 0.29) is 0 Å². The Bertz CT molecular complexity index is 343. The van der Waals surface area contributed by atoms with E-state index in [0.29, 0.717) is 12.8 Å². The molecular formula is C11H14ClNO2. The Labute approximate surface area is 94.5 Å². The zero-order valence-corrected chi connectivity index (χ0v) is 9.46. The van der Waals surface area contributed by atoms with Gasteiger partial charge in [-0.15, -0.1) is 11.6 Å². The molecule has 82 valence electrons. The SMILES string of the molecule is CN(CCl)CCc1ccc2c(c1)OCO2. The molecule has 0 radical (unpaired) electrons. The molecule has 0 N–H and O–H groups in total. The molecule has 0 amide bonds. The van der Waals surface area contributed by atoms with Crippen LogP contribution in [-0.4, -0.2) is 31.3 Å². The second kappa shape index (κ2) is 4.73. The average Bonchev–Trinajstić information content (AvgIpc) is 2.72. The van der Waals surface area contributed by atoms with Crippen LogP contribution in [0.4, 0.5) is 0 Å². The maximum absolute atomic E-state index is 5.69. The highest BCUT2D eigenvalue weighted by atomic mass is 35.5. The standard InChI is InChI=1S/C11H14ClNO2/c1-13(7-12)5-4-9-2-3-10-11(6-9)15-8-14-10/h2-3,6H,4-5,7-8H2,1H3. The lowest BCUT2D eigenvalue weighted by Gasteiger charge is -2.12. The highest BCUT2D eigenvalue weighted by Crippen LogP contribution is 2.32. The van der Waals surface area contributed by atoms with Gasteiger partial charge < -0.3 is 9.47 Å². The number of hydrogen-bond acceptors (Lipinski definition) is 3. The van der Waals surface area contributed by atoms with Gasteiger partial charge in [-0.05, 0) is 31.2 Å². The largest absolute Gasteiger partial charge is 0.454 e. The number of rotatable bonds is 4. The number of fused-ring (bicyclic) bond motifs is 1. The van der Waals surface area contributed by atoms with Gasteiger partial charge in [-0.25, -0.2) is 0 Å². The predicted octanol–water partition coefficient (Wildman–Crippen LogP) is 2.09. The second-order valence-electron chi connectivity index (χ2n) is 3.64. The minimum absolute atomic E-state index is 0.334. The fraction of sp³-hybridized carbons (Fsp3) is 0.455. The Morgan fingerprint density at radius 3 is 2.93 bits per heavy atom. The van der Waals surface area contributed by atoms with Crippen LogP contribution in [0.25, 0.3) is 0 Å². The van der Waals surface area contributed by atoms with Gasteiger partial charge >= 0.3 is 0 Å². The van der Waals surface area contributed by atoms with E-state index >= 15 is 0 Å². The van der Waals surface area contributed by atoms with E-state index in [1.54, 1.807) is 0 Å². The molecule has 1 aliphatic heterocycles. The molecule has 1 aromatic carbocycles. The Morgan fingerprint density at radius 1 is 1.33 bits per heavy atom. The highest BCUT2D eigenvalue weighted by molar-refractivity contribution is 6.17. The molecular weight excluding hydrogens is 214 g/mol. The van der Waals surface area contributed by atoms with Crippen LogP contribution in [0.5, 0.6) is 11.5 Å². The van der Waals surface area contributed by atoms with Crippen LogP contribution >= 0.6 is 11.6 Å². The number of halogens is 1. The maximum atomic E-state index is 5.69. The summed E-state index contributed by atoms with van der Waals surface area (Å²) in [5.74, 6) is 1.69. The normalized spacial score (nSPS) is 13.5. The molecule has 0 bridgehead atoms. The molecule has 0 spiro atoms. The summed E-state index contributed by atoms with van der Waals surface area (Å²) in [5, 5.41) is 0. The van der Waals surface area contributed by atoms with Crippen molar-refractivity contribution in [2.24, 2.45) is 0 Å².